The Hall–Kier alpha value is -3.69. The SMILES string of the molecule is Cc1ccc(NC(=O)CSc2nc3ccc(NC(=O)c4ccccc4C(=O)N4CCCC4)cc3s2)cc1. The van der Waals surface area contributed by atoms with Gasteiger partial charge in [-0.1, -0.05) is 41.6 Å². The quantitative estimate of drug-likeness (QED) is 0.294. The number of thiazole rings is 1. The number of amides is 3. The summed E-state index contributed by atoms with van der Waals surface area (Å²) in [4.78, 5) is 44.8. The summed E-state index contributed by atoms with van der Waals surface area (Å²) >= 11 is 2.85. The van der Waals surface area contributed by atoms with Crippen LogP contribution in [-0.2, 0) is 4.79 Å². The first-order valence-electron chi connectivity index (χ1n) is 12.1. The molecule has 4 aromatic rings. The number of anilines is 2. The van der Waals surface area contributed by atoms with Crippen molar-refractivity contribution in [1.82, 2.24) is 9.88 Å². The molecule has 1 aliphatic heterocycles. The number of hydrogen-bond acceptors (Lipinski definition) is 6. The van der Waals surface area contributed by atoms with Crippen LogP contribution in [0.1, 0.15) is 39.1 Å². The van der Waals surface area contributed by atoms with Crippen LogP contribution in [0.3, 0.4) is 0 Å². The Labute approximate surface area is 223 Å². The maximum absolute atomic E-state index is 13.1. The highest BCUT2D eigenvalue weighted by Gasteiger charge is 2.24. The fourth-order valence-corrected chi connectivity index (χ4v) is 6.07. The lowest BCUT2D eigenvalue weighted by Crippen LogP contribution is -2.29. The van der Waals surface area contributed by atoms with Crippen molar-refractivity contribution in [3.8, 4) is 0 Å². The Balaban J connectivity index is 1.24. The molecule has 9 heteroatoms. The molecule has 188 valence electrons. The average Bonchev–Trinajstić information content (AvgIpc) is 3.58. The van der Waals surface area contributed by atoms with E-state index in [9.17, 15) is 14.4 Å². The van der Waals surface area contributed by atoms with E-state index < -0.39 is 0 Å². The molecule has 0 unspecified atom stereocenters. The molecular weight excluding hydrogens is 504 g/mol. The summed E-state index contributed by atoms with van der Waals surface area (Å²) in [6.45, 7) is 3.45. The first-order chi connectivity index (χ1) is 18.0. The number of fused-ring (bicyclic) bond motifs is 1. The molecule has 37 heavy (non-hydrogen) atoms. The Kier molecular flexibility index (Phi) is 7.52. The Morgan fingerprint density at radius 2 is 1.62 bits per heavy atom. The molecule has 1 aliphatic rings. The van der Waals surface area contributed by atoms with Gasteiger partial charge in [0.2, 0.25) is 5.91 Å². The van der Waals surface area contributed by atoms with E-state index in [1.165, 1.54) is 23.1 Å². The van der Waals surface area contributed by atoms with Crippen molar-refractivity contribution in [3.05, 3.63) is 83.4 Å². The molecule has 0 bridgehead atoms. The fourth-order valence-electron chi connectivity index (χ4n) is 4.16. The summed E-state index contributed by atoms with van der Waals surface area (Å²) in [5.74, 6) is -0.272. The van der Waals surface area contributed by atoms with Gasteiger partial charge in [-0.3, -0.25) is 14.4 Å². The van der Waals surface area contributed by atoms with Crippen LogP contribution in [0.5, 0.6) is 0 Å². The number of benzene rings is 3. The van der Waals surface area contributed by atoms with Gasteiger partial charge in [-0.25, -0.2) is 4.98 Å². The van der Waals surface area contributed by atoms with Crippen LogP contribution in [0.4, 0.5) is 11.4 Å². The Morgan fingerprint density at radius 3 is 2.38 bits per heavy atom. The minimum Gasteiger partial charge on any atom is -0.339 e. The van der Waals surface area contributed by atoms with Gasteiger partial charge < -0.3 is 15.5 Å². The lowest BCUT2D eigenvalue weighted by Gasteiger charge is -2.17. The van der Waals surface area contributed by atoms with Gasteiger partial charge >= 0.3 is 0 Å². The summed E-state index contributed by atoms with van der Waals surface area (Å²) in [7, 11) is 0. The van der Waals surface area contributed by atoms with E-state index in [2.05, 4.69) is 15.6 Å². The van der Waals surface area contributed by atoms with Gasteiger partial charge in [-0.2, -0.15) is 0 Å². The molecule has 7 nitrogen and oxygen atoms in total. The van der Waals surface area contributed by atoms with E-state index in [4.69, 9.17) is 0 Å². The van der Waals surface area contributed by atoms with Crippen molar-refractivity contribution in [3.63, 3.8) is 0 Å². The van der Waals surface area contributed by atoms with Gasteiger partial charge in [0, 0.05) is 24.5 Å². The summed E-state index contributed by atoms with van der Waals surface area (Å²) < 4.78 is 1.68. The van der Waals surface area contributed by atoms with Gasteiger partial charge in [-0.15, -0.1) is 11.3 Å². The second-order valence-corrected chi connectivity index (χ2v) is 11.1. The number of nitrogens with one attached hydrogen (secondary N) is 2. The highest BCUT2D eigenvalue weighted by Crippen LogP contribution is 2.31. The fraction of sp³-hybridized carbons (Fsp3) is 0.214. The first kappa shape index (κ1) is 25.0. The molecule has 2 heterocycles. The summed E-state index contributed by atoms with van der Waals surface area (Å²) in [5, 5.41) is 5.82. The largest absolute Gasteiger partial charge is 0.339 e. The maximum Gasteiger partial charge on any atom is 0.256 e. The second-order valence-electron chi connectivity index (χ2n) is 8.86. The molecule has 0 radical (unpaired) electrons. The average molecular weight is 531 g/mol. The molecule has 1 saturated heterocycles. The van der Waals surface area contributed by atoms with E-state index in [0.29, 0.717) is 16.8 Å². The summed E-state index contributed by atoms with van der Waals surface area (Å²) in [6.07, 6.45) is 1.99. The molecule has 1 fully saturated rings. The smallest absolute Gasteiger partial charge is 0.256 e. The number of aryl methyl sites for hydroxylation is 1. The van der Waals surface area contributed by atoms with Gasteiger partial charge in [0.25, 0.3) is 11.8 Å². The third kappa shape index (κ3) is 6.00. The number of carbonyl (C=O) groups excluding carboxylic acids is 3. The first-order valence-corrected chi connectivity index (χ1v) is 13.9. The van der Waals surface area contributed by atoms with Crippen molar-refractivity contribution in [2.45, 2.75) is 24.1 Å². The van der Waals surface area contributed by atoms with Crippen LogP contribution < -0.4 is 10.6 Å². The van der Waals surface area contributed by atoms with Crippen LogP contribution in [-0.4, -0.2) is 46.4 Å². The number of aromatic nitrogens is 1. The number of thioether (sulfide) groups is 1. The third-order valence-electron chi connectivity index (χ3n) is 6.08. The molecule has 0 atom stereocenters. The Morgan fingerprint density at radius 1 is 0.919 bits per heavy atom. The molecule has 1 aromatic heterocycles. The summed E-state index contributed by atoms with van der Waals surface area (Å²) in [5.41, 5.74) is 4.11. The normalized spacial score (nSPS) is 13.1. The van der Waals surface area contributed by atoms with Crippen LogP contribution in [0, 0.1) is 6.92 Å². The lowest BCUT2D eigenvalue weighted by molar-refractivity contribution is -0.113. The van der Waals surface area contributed by atoms with Crippen LogP contribution in [0.25, 0.3) is 10.2 Å². The van der Waals surface area contributed by atoms with Crippen molar-refractivity contribution < 1.29 is 14.4 Å². The number of rotatable bonds is 7. The van der Waals surface area contributed by atoms with Gasteiger partial charge in [0.1, 0.15) is 0 Å². The van der Waals surface area contributed by atoms with Crippen LogP contribution in [0.15, 0.2) is 71.1 Å². The van der Waals surface area contributed by atoms with E-state index in [-0.39, 0.29) is 23.5 Å². The number of likely N-dealkylation sites (tertiary alicyclic amines) is 1. The van der Waals surface area contributed by atoms with Crippen LogP contribution in [0.2, 0.25) is 0 Å². The molecule has 5 rings (SSSR count). The minimum absolute atomic E-state index is 0.0943. The van der Waals surface area contributed by atoms with Crippen molar-refractivity contribution in [2.75, 3.05) is 29.5 Å². The lowest BCUT2D eigenvalue weighted by atomic mass is 10.1. The highest BCUT2D eigenvalue weighted by molar-refractivity contribution is 8.01. The maximum atomic E-state index is 13.1. The standard InChI is InChI=1S/C28H26N4O3S2/c1-18-8-10-19(11-9-18)29-25(33)17-36-28-31-23-13-12-20(16-24(23)37-28)30-26(34)21-6-2-3-7-22(21)27(35)32-14-4-5-15-32/h2-3,6-13,16H,4-5,14-15,17H2,1H3,(H,29,33)(H,30,34). The topological polar surface area (TPSA) is 91.4 Å². The van der Waals surface area contributed by atoms with Gasteiger partial charge in [0.15, 0.2) is 4.34 Å². The van der Waals surface area contributed by atoms with Crippen LogP contribution >= 0.6 is 23.1 Å². The van der Waals surface area contributed by atoms with Crippen molar-refractivity contribution >= 4 is 62.4 Å². The molecule has 3 amide bonds. The minimum atomic E-state index is -0.325. The monoisotopic (exact) mass is 530 g/mol. The molecular formula is C28H26N4O3S2. The van der Waals surface area contributed by atoms with Crippen molar-refractivity contribution in [1.29, 1.82) is 0 Å². The molecule has 0 saturated carbocycles. The van der Waals surface area contributed by atoms with E-state index >= 15 is 0 Å². The zero-order valence-corrected chi connectivity index (χ0v) is 22.0. The predicted molar refractivity (Wildman–Crippen MR) is 150 cm³/mol. The zero-order valence-electron chi connectivity index (χ0n) is 20.3. The number of hydrogen-bond donors (Lipinski definition) is 2. The van der Waals surface area contributed by atoms with Gasteiger partial charge in [-0.05, 0) is 62.2 Å². The molecule has 2 N–H and O–H groups in total. The predicted octanol–water partition coefficient (Wildman–Crippen LogP) is 5.82. The van der Waals surface area contributed by atoms with Gasteiger partial charge in [0.05, 0.1) is 27.1 Å². The number of carbonyl (C=O) groups is 3. The summed E-state index contributed by atoms with van der Waals surface area (Å²) in [6, 6.07) is 20.1. The van der Waals surface area contributed by atoms with E-state index in [0.717, 1.165) is 51.7 Å². The van der Waals surface area contributed by atoms with E-state index in [1.54, 1.807) is 35.2 Å². The van der Waals surface area contributed by atoms with Crippen molar-refractivity contribution in [2.24, 2.45) is 0 Å². The Bertz CT molecular complexity index is 1460. The third-order valence-corrected chi connectivity index (χ3v) is 8.25. The number of nitrogens with zero attached hydrogens (tertiary/aromatic N) is 2. The molecule has 0 aliphatic carbocycles. The zero-order chi connectivity index (χ0) is 25.8. The van der Waals surface area contributed by atoms with E-state index in [1.807, 2.05) is 43.3 Å². The highest BCUT2D eigenvalue weighted by atomic mass is 32.2. The molecule has 3 aromatic carbocycles. The molecule has 0 spiro atoms. The second kappa shape index (κ2) is 11.1.